The van der Waals surface area contributed by atoms with Crippen LogP contribution in [0.1, 0.15) is 33.2 Å². The summed E-state index contributed by atoms with van der Waals surface area (Å²) in [6, 6.07) is 9.58. The third-order valence-electron chi connectivity index (χ3n) is 7.03. The minimum Gasteiger partial charge on any atom is -0.378 e. The zero-order chi connectivity index (χ0) is 26.1. The van der Waals surface area contributed by atoms with Crippen LogP contribution in [-0.4, -0.2) is 89.3 Å². The van der Waals surface area contributed by atoms with E-state index in [0.29, 0.717) is 68.9 Å². The number of fused-ring (bicyclic) bond motifs is 1. The van der Waals surface area contributed by atoms with E-state index in [1.54, 1.807) is 29.2 Å². The molecule has 2 aliphatic heterocycles. The molecule has 194 valence electrons. The number of carbonyl (C=O) groups is 3. The maximum atomic E-state index is 13.6. The molecule has 0 spiro atoms. The Bertz CT molecular complexity index is 1340. The summed E-state index contributed by atoms with van der Waals surface area (Å²) in [6.45, 7) is 6.01. The van der Waals surface area contributed by atoms with Crippen LogP contribution in [0, 0.1) is 5.82 Å². The third kappa shape index (κ3) is 5.25. The highest BCUT2D eigenvalue weighted by Crippen LogP contribution is 2.29. The molecule has 3 aromatic rings. The minimum absolute atomic E-state index is 0.0799. The summed E-state index contributed by atoms with van der Waals surface area (Å²) in [6.07, 6.45) is 1.49. The molecule has 1 N–H and O–H groups in total. The number of hydrogen-bond donors (Lipinski definition) is 1. The number of ether oxygens (including phenoxy) is 1. The number of Topliss-reactive ketones (excluding diaryl/α,β-unsaturated/α-hetero) is 1. The highest BCUT2D eigenvalue weighted by Gasteiger charge is 2.31. The average Bonchev–Trinajstić information content (AvgIpc) is 3.31. The monoisotopic (exact) mass is 526 g/mol. The number of nitrogens with one attached hydrogen (secondary N) is 1. The van der Waals surface area contributed by atoms with E-state index in [0.717, 1.165) is 5.56 Å². The molecule has 0 bridgehead atoms. The first-order valence-corrected chi connectivity index (χ1v) is 12.7. The van der Waals surface area contributed by atoms with Crippen molar-refractivity contribution >= 4 is 40.1 Å². The van der Waals surface area contributed by atoms with Gasteiger partial charge in [-0.1, -0.05) is 23.7 Å². The smallest absolute Gasteiger partial charge is 0.295 e. The van der Waals surface area contributed by atoms with Gasteiger partial charge >= 0.3 is 0 Å². The van der Waals surface area contributed by atoms with Gasteiger partial charge in [0.2, 0.25) is 0 Å². The highest BCUT2D eigenvalue weighted by molar-refractivity contribution is 6.45. The number of piperazine rings is 1. The summed E-state index contributed by atoms with van der Waals surface area (Å²) in [4.78, 5) is 47.9. The quantitative estimate of drug-likeness (QED) is 0.407. The van der Waals surface area contributed by atoms with Gasteiger partial charge in [-0.2, -0.15) is 0 Å². The SMILES string of the molecule is CC1CN(Cc2ccc(F)cc2)CCN1C(=O)c1cc2c(C(=O)C(=O)N3CCOCC3)c[nH]c2cc1Cl. The van der Waals surface area contributed by atoms with Gasteiger partial charge in [-0.15, -0.1) is 0 Å². The van der Waals surface area contributed by atoms with E-state index >= 15 is 0 Å². The van der Waals surface area contributed by atoms with E-state index in [9.17, 15) is 18.8 Å². The fourth-order valence-electron chi connectivity index (χ4n) is 5.00. The lowest BCUT2D eigenvalue weighted by molar-refractivity contribution is -0.130. The van der Waals surface area contributed by atoms with E-state index in [-0.39, 0.29) is 28.4 Å². The number of rotatable bonds is 5. The number of carbonyl (C=O) groups excluding carboxylic acids is 3. The molecular weight excluding hydrogens is 499 g/mol. The van der Waals surface area contributed by atoms with Gasteiger partial charge in [-0.3, -0.25) is 19.3 Å². The van der Waals surface area contributed by atoms with Gasteiger partial charge in [0.05, 0.1) is 29.4 Å². The summed E-state index contributed by atoms with van der Waals surface area (Å²) in [5.74, 6) is -1.70. The number of halogens is 2. The van der Waals surface area contributed by atoms with Crippen molar-refractivity contribution in [2.24, 2.45) is 0 Å². The van der Waals surface area contributed by atoms with Crippen molar-refractivity contribution in [1.29, 1.82) is 0 Å². The van der Waals surface area contributed by atoms with Gasteiger partial charge in [0.25, 0.3) is 17.6 Å². The number of aromatic nitrogens is 1. The Morgan fingerprint density at radius 2 is 1.78 bits per heavy atom. The molecule has 0 saturated carbocycles. The predicted octanol–water partition coefficient (Wildman–Crippen LogP) is 3.35. The number of benzene rings is 2. The second-order valence-electron chi connectivity index (χ2n) is 9.52. The second-order valence-corrected chi connectivity index (χ2v) is 9.93. The molecule has 2 aromatic carbocycles. The van der Waals surface area contributed by atoms with Crippen LogP contribution < -0.4 is 0 Å². The summed E-state index contributed by atoms with van der Waals surface area (Å²) < 4.78 is 18.5. The molecule has 8 nitrogen and oxygen atoms in total. The van der Waals surface area contributed by atoms with E-state index in [4.69, 9.17) is 16.3 Å². The van der Waals surface area contributed by atoms with Crippen molar-refractivity contribution in [1.82, 2.24) is 19.7 Å². The van der Waals surface area contributed by atoms with Crippen LogP contribution in [0.3, 0.4) is 0 Å². The molecule has 1 atom stereocenters. The maximum Gasteiger partial charge on any atom is 0.295 e. The van der Waals surface area contributed by atoms with Crippen molar-refractivity contribution < 1.29 is 23.5 Å². The summed E-state index contributed by atoms with van der Waals surface area (Å²) in [5.41, 5.74) is 2.10. The molecule has 1 unspecified atom stereocenters. The minimum atomic E-state index is -0.628. The number of nitrogens with zero attached hydrogens (tertiary/aromatic N) is 3. The molecule has 10 heteroatoms. The lowest BCUT2D eigenvalue weighted by Gasteiger charge is -2.40. The number of H-pyrrole nitrogens is 1. The van der Waals surface area contributed by atoms with Gasteiger partial charge in [-0.25, -0.2) is 4.39 Å². The normalized spacial score (nSPS) is 18.8. The van der Waals surface area contributed by atoms with Crippen LogP contribution >= 0.6 is 11.6 Å². The molecule has 37 heavy (non-hydrogen) atoms. The first kappa shape index (κ1) is 25.4. The van der Waals surface area contributed by atoms with Gasteiger partial charge in [0, 0.05) is 62.4 Å². The highest BCUT2D eigenvalue weighted by atomic mass is 35.5. The second kappa shape index (κ2) is 10.6. The number of amides is 2. The van der Waals surface area contributed by atoms with Gasteiger partial charge in [-0.05, 0) is 36.8 Å². The van der Waals surface area contributed by atoms with Crippen LogP contribution in [0.15, 0.2) is 42.6 Å². The van der Waals surface area contributed by atoms with Crippen LogP contribution in [0.25, 0.3) is 10.9 Å². The maximum absolute atomic E-state index is 13.6. The van der Waals surface area contributed by atoms with E-state index in [1.807, 2.05) is 6.92 Å². The average molecular weight is 527 g/mol. The van der Waals surface area contributed by atoms with Crippen molar-refractivity contribution in [3.05, 3.63) is 70.1 Å². The molecule has 2 amide bonds. The van der Waals surface area contributed by atoms with Crippen molar-refractivity contribution in [3.63, 3.8) is 0 Å². The zero-order valence-corrected chi connectivity index (χ0v) is 21.3. The molecule has 2 aliphatic rings. The molecule has 1 aromatic heterocycles. The Morgan fingerprint density at radius 1 is 1.05 bits per heavy atom. The van der Waals surface area contributed by atoms with Crippen molar-refractivity contribution in [2.45, 2.75) is 19.5 Å². The Kier molecular flexibility index (Phi) is 7.28. The topological polar surface area (TPSA) is 86.0 Å². The summed E-state index contributed by atoms with van der Waals surface area (Å²) >= 11 is 6.50. The summed E-state index contributed by atoms with van der Waals surface area (Å²) in [7, 11) is 0. The Hall–Kier alpha value is -3.27. The first-order valence-electron chi connectivity index (χ1n) is 12.3. The van der Waals surface area contributed by atoms with Gasteiger partial charge in [0.15, 0.2) is 0 Å². The molecule has 0 aliphatic carbocycles. The first-order chi connectivity index (χ1) is 17.8. The predicted molar refractivity (Wildman–Crippen MR) is 137 cm³/mol. The van der Waals surface area contributed by atoms with E-state index in [2.05, 4.69) is 9.88 Å². The Balaban J connectivity index is 1.33. The molecule has 5 rings (SSSR count). The number of morpholine rings is 1. The Labute approximate surface area is 218 Å². The summed E-state index contributed by atoms with van der Waals surface area (Å²) in [5, 5.41) is 0.765. The van der Waals surface area contributed by atoms with Crippen LogP contribution in [-0.2, 0) is 16.1 Å². The zero-order valence-electron chi connectivity index (χ0n) is 20.5. The van der Waals surface area contributed by atoms with Crippen LogP contribution in [0.2, 0.25) is 5.02 Å². The number of aromatic amines is 1. The largest absolute Gasteiger partial charge is 0.378 e. The van der Waals surface area contributed by atoms with Gasteiger partial charge < -0.3 is 19.5 Å². The standard InChI is InChI=1S/C27H28ClFN4O4/c1-17-15-31(16-18-2-4-19(29)5-3-18)6-7-33(17)26(35)21-12-20-22(14-30-24(20)13-23(21)28)25(34)27(36)32-8-10-37-11-9-32/h2-5,12-14,17,30H,6-11,15-16H2,1H3. The molecule has 2 fully saturated rings. The number of ketones is 1. The fraction of sp³-hybridized carbons (Fsp3) is 0.370. The molecule has 2 saturated heterocycles. The molecule has 3 heterocycles. The van der Waals surface area contributed by atoms with E-state index in [1.165, 1.54) is 23.2 Å². The fourth-order valence-corrected chi connectivity index (χ4v) is 5.25. The lowest BCUT2D eigenvalue weighted by atomic mass is 10.0. The van der Waals surface area contributed by atoms with Crippen LogP contribution in [0.4, 0.5) is 4.39 Å². The van der Waals surface area contributed by atoms with Crippen LogP contribution in [0.5, 0.6) is 0 Å². The van der Waals surface area contributed by atoms with E-state index < -0.39 is 11.7 Å². The van der Waals surface area contributed by atoms with Crippen molar-refractivity contribution in [2.75, 3.05) is 45.9 Å². The van der Waals surface area contributed by atoms with Crippen molar-refractivity contribution in [3.8, 4) is 0 Å². The lowest BCUT2D eigenvalue weighted by Crippen LogP contribution is -2.53. The Morgan fingerprint density at radius 3 is 2.49 bits per heavy atom. The number of hydrogen-bond acceptors (Lipinski definition) is 5. The molecule has 0 radical (unpaired) electrons. The third-order valence-corrected chi connectivity index (χ3v) is 7.34. The molecular formula is C27H28ClFN4O4. The van der Waals surface area contributed by atoms with Gasteiger partial charge in [0.1, 0.15) is 5.82 Å².